The number of hydrogen-bond donors (Lipinski definition) is 2. The maximum Gasteiger partial charge on any atom is 0.255 e. The first-order valence-corrected chi connectivity index (χ1v) is 10.3. The molecular weight excluding hydrogens is 408 g/mol. The number of amides is 2. The van der Waals surface area contributed by atoms with Crippen molar-refractivity contribution in [3.63, 3.8) is 0 Å². The van der Waals surface area contributed by atoms with Gasteiger partial charge in [0.2, 0.25) is 5.91 Å². The molecule has 2 amide bonds. The first kappa shape index (κ1) is 20.3. The van der Waals surface area contributed by atoms with E-state index < -0.39 is 0 Å². The van der Waals surface area contributed by atoms with Crippen molar-refractivity contribution in [3.05, 3.63) is 41.0 Å². The van der Waals surface area contributed by atoms with Crippen LogP contribution in [-0.4, -0.2) is 43.1 Å². The van der Waals surface area contributed by atoms with Gasteiger partial charge in [-0.1, -0.05) is 11.6 Å². The quantitative estimate of drug-likeness (QED) is 0.772. The van der Waals surface area contributed by atoms with Gasteiger partial charge in [0.05, 0.1) is 36.0 Å². The summed E-state index contributed by atoms with van der Waals surface area (Å²) in [4.78, 5) is 30.6. The highest BCUT2D eigenvalue weighted by Gasteiger charge is 2.25. The summed E-state index contributed by atoms with van der Waals surface area (Å²) >= 11 is 6.27. The minimum Gasteiger partial charge on any atom is -0.489 e. The molecule has 0 saturated carbocycles. The summed E-state index contributed by atoms with van der Waals surface area (Å²) in [5, 5.41) is 3.15. The van der Waals surface area contributed by atoms with E-state index in [0.29, 0.717) is 47.5 Å². The number of carbonyl (C=O) groups excluding carboxylic acids is 2. The van der Waals surface area contributed by atoms with Gasteiger partial charge in [0.15, 0.2) is 11.5 Å². The van der Waals surface area contributed by atoms with E-state index in [9.17, 15) is 9.59 Å². The molecule has 1 fully saturated rings. The number of rotatable bonds is 4. The molecule has 1 unspecified atom stereocenters. The van der Waals surface area contributed by atoms with Crippen LogP contribution in [0.5, 0.6) is 11.5 Å². The standard InChI is InChI=1S/C21H23ClN4O4/c22-16-9-14(10-17-19(16)30-8-2-7-29-17)21(28)25-15-4-5-18(24-11-15)26-6-1-3-13(12-26)20(23)27/h4-5,9-11,13H,1-3,6-8,12H2,(H2,23,27)(H,25,28). The molecule has 4 rings (SSSR count). The van der Waals surface area contributed by atoms with Crippen LogP contribution in [0.4, 0.5) is 11.5 Å². The van der Waals surface area contributed by atoms with E-state index in [4.69, 9.17) is 26.8 Å². The lowest BCUT2D eigenvalue weighted by atomic mass is 9.97. The third kappa shape index (κ3) is 4.43. The number of nitrogens with two attached hydrogens (primary N) is 1. The Balaban J connectivity index is 1.45. The number of ether oxygens (including phenoxy) is 2. The number of carbonyl (C=O) groups is 2. The van der Waals surface area contributed by atoms with E-state index in [-0.39, 0.29) is 17.7 Å². The van der Waals surface area contributed by atoms with E-state index in [1.807, 2.05) is 11.0 Å². The summed E-state index contributed by atoms with van der Waals surface area (Å²) in [7, 11) is 0. The molecule has 0 radical (unpaired) electrons. The van der Waals surface area contributed by atoms with Gasteiger partial charge in [0, 0.05) is 25.1 Å². The van der Waals surface area contributed by atoms with Gasteiger partial charge in [-0.3, -0.25) is 9.59 Å². The number of nitrogens with zero attached hydrogens (tertiary/aromatic N) is 2. The number of benzene rings is 1. The summed E-state index contributed by atoms with van der Waals surface area (Å²) in [5.41, 5.74) is 6.36. The van der Waals surface area contributed by atoms with Crippen LogP contribution in [0.3, 0.4) is 0 Å². The molecule has 8 nitrogen and oxygen atoms in total. The number of nitrogens with one attached hydrogen (secondary N) is 1. The van der Waals surface area contributed by atoms with Gasteiger partial charge in [-0.25, -0.2) is 4.98 Å². The fourth-order valence-corrected chi connectivity index (χ4v) is 3.89. The van der Waals surface area contributed by atoms with Crippen molar-refractivity contribution in [1.29, 1.82) is 0 Å². The zero-order chi connectivity index (χ0) is 21.1. The van der Waals surface area contributed by atoms with Gasteiger partial charge >= 0.3 is 0 Å². The van der Waals surface area contributed by atoms with E-state index in [1.54, 1.807) is 24.4 Å². The van der Waals surface area contributed by atoms with Crippen LogP contribution in [0.25, 0.3) is 0 Å². The summed E-state index contributed by atoms with van der Waals surface area (Å²) < 4.78 is 11.2. The summed E-state index contributed by atoms with van der Waals surface area (Å²) in [5.74, 6) is 0.910. The predicted molar refractivity (Wildman–Crippen MR) is 113 cm³/mol. The largest absolute Gasteiger partial charge is 0.489 e. The fraction of sp³-hybridized carbons (Fsp3) is 0.381. The van der Waals surface area contributed by atoms with Crippen molar-refractivity contribution in [3.8, 4) is 11.5 Å². The topological polar surface area (TPSA) is 107 Å². The Hall–Kier alpha value is -3.00. The van der Waals surface area contributed by atoms with Gasteiger partial charge in [-0.2, -0.15) is 0 Å². The number of primary amides is 1. The summed E-state index contributed by atoms with van der Waals surface area (Å²) in [6.45, 7) is 2.41. The van der Waals surface area contributed by atoms with Gasteiger partial charge in [0.25, 0.3) is 5.91 Å². The van der Waals surface area contributed by atoms with Crippen molar-refractivity contribution in [2.24, 2.45) is 11.7 Å². The number of piperidine rings is 1. The lowest BCUT2D eigenvalue weighted by Crippen LogP contribution is -2.41. The van der Waals surface area contributed by atoms with Crippen molar-refractivity contribution in [2.75, 3.05) is 36.5 Å². The highest BCUT2D eigenvalue weighted by molar-refractivity contribution is 6.32. The second-order valence-corrected chi connectivity index (χ2v) is 7.79. The Labute approximate surface area is 179 Å². The van der Waals surface area contributed by atoms with Crippen molar-refractivity contribution in [2.45, 2.75) is 19.3 Å². The summed E-state index contributed by atoms with van der Waals surface area (Å²) in [6, 6.07) is 6.78. The van der Waals surface area contributed by atoms with Crippen molar-refractivity contribution in [1.82, 2.24) is 4.98 Å². The number of fused-ring (bicyclic) bond motifs is 1. The van der Waals surface area contributed by atoms with Crippen molar-refractivity contribution >= 4 is 34.9 Å². The smallest absolute Gasteiger partial charge is 0.255 e. The average Bonchev–Trinajstić information content (AvgIpc) is 3.00. The predicted octanol–water partition coefficient (Wildman–Crippen LogP) is 2.85. The van der Waals surface area contributed by atoms with Gasteiger partial charge in [-0.15, -0.1) is 0 Å². The maximum absolute atomic E-state index is 12.7. The molecule has 1 aromatic heterocycles. The van der Waals surface area contributed by atoms with E-state index >= 15 is 0 Å². The Kier molecular flexibility index (Phi) is 5.94. The first-order valence-electron chi connectivity index (χ1n) is 9.92. The van der Waals surface area contributed by atoms with Crippen LogP contribution in [-0.2, 0) is 4.79 Å². The third-order valence-electron chi connectivity index (χ3n) is 5.22. The first-order chi connectivity index (χ1) is 14.5. The van der Waals surface area contributed by atoms with Gasteiger partial charge in [-0.05, 0) is 37.1 Å². The minimum atomic E-state index is -0.325. The zero-order valence-electron chi connectivity index (χ0n) is 16.4. The molecular formula is C21H23ClN4O4. The monoisotopic (exact) mass is 430 g/mol. The molecule has 30 heavy (non-hydrogen) atoms. The Morgan fingerprint density at radius 3 is 2.80 bits per heavy atom. The minimum absolute atomic E-state index is 0.163. The molecule has 1 aromatic carbocycles. The van der Waals surface area contributed by atoms with Crippen LogP contribution < -0.4 is 25.4 Å². The van der Waals surface area contributed by atoms with E-state index in [0.717, 1.165) is 31.6 Å². The highest BCUT2D eigenvalue weighted by atomic mass is 35.5. The van der Waals surface area contributed by atoms with Crippen molar-refractivity contribution < 1.29 is 19.1 Å². The molecule has 9 heteroatoms. The average molecular weight is 431 g/mol. The van der Waals surface area contributed by atoms with Crippen LogP contribution in [0.15, 0.2) is 30.5 Å². The third-order valence-corrected chi connectivity index (χ3v) is 5.50. The molecule has 0 bridgehead atoms. The number of aromatic nitrogens is 1. The molecule has 1 atom stereocenters. The Morgan fingerprint density at radius 2 is 2.03 bits per heavy atom. The SMILES string of the molecule is NC(=O)C1CCCN(c2ccc(NC(=O)c3cc(Cl)c4c(c3)OCCCO4)cn2)C1. The zero-order valence-corrected chi connectivity index (χ0v) is 17.2. The van der Waals surface area contributed by atoms with Crippen LogP contribution >= 0.6 is 11.6 Å². The van der Waals surface area contributed by atoms with Gasteiger partial charge < -0.3 is 25.4 Å². The molecule has 1 saturated heterocycles. The number of pyridine rings is 1. The summed E-state index contributed by atoms with van der Waals surface area (Å²) in [6.07, 6.45) is 4.03. The molecule has 158 valence electrons. The molecule has 2 aliphatic rings. The lowest BCUT2D eigenvalue weighted by Gasteiger charge is -2.32. The second kappa shape index (κ2) is 8.79. The number of hydrogen-bond acceptors (Lipinski definition) is 6. The molecule has 2 aliphatic heterocycles. The van der Waals surface area contributed by atoms with Crippen LogP contribution in [0.1, 0.15) is 29.6 Å². The Morgan fingerprint density at radius 1 is 1.20 bits per heavy atom. The van der Waals surface area contributed by atoms with E-state index in [2.05, 4.69) is 10.3 Å². The molecule has 0 spiro atoms. The van der Waals surface area contributed by atoms with Crippen LogP contribution in [0, 0.1) is 5.92 Å². The molecule has 0 aliphatic carbocycles. The fourth-order valence-electron chi connectivity index (χ4n) is 3.63. The molecule has 3 N–H and O–H groups in total. The normalized spacial score (nSPS) is 18.4. The molecule has 2 aromatic rings. The lowest BCUT2D eigenvalue weighted by molar-refractivity contribution is -0.122. The molecule has 3 heterocycles. The van der Waals surface area contributed by atoms with Crippen LogP contribution in [0.2, 0.25) is 5.02 Å². The van der Waals surface area contributed by atoms with Gasteiger partial charge in [0.1, 0.15) is 5.82 Å². The number of anilines is 2. The Bertz CT molecular complexity index is 951. The maximum atomic E-state index is 12.7. The highest BCUT2D eigenvalue weighted by Crippen LogP contribution is 2.38. The van der Waals surface area contributed by atoms with E-state index in [1.165, 1.54) is 0 Å². The second-order valence-electron chi connectivity index (χ2n) is 7.38. The number of halogens is 1.